The van der Waals surface area contributed by atoms with Gasteiger partial charge in [0.2, 0.25) is 0 Å². The summed E-state index contributed by atoms with van der Waals surface area (Å²) in [5.74, 6) is -0.233. The smallest absolute Gasteiger partial charge is 0.275 e. The van der Waals surface area contributed by atoms with Gasteiger partial charge in [-0.25, -0.2) is 0 Å². The van der Waals surface area contributed by atoms with E-state index in [-0.39, 0.29) is 11.9 Å². The molecule has 1 fully saturated rings. The minimum atomic E-state index is -1.08. The highest BCUT2D eigenvalue weighted by Crippen LogP contribution is 2.30. The summed E-state index contributed by atoms with van der Waals surface area (Å²) in [5.41, 5.74) is 1.65. The maximum Gasteiger partial charge on any atom is 0.275 e. The van der Waals surface area contributed by atoms with Gasteiger partial charge < -0.3 is 15.4 Å². The first kappa shape index (κ1) is 11.1. The SMILES string of the molecule is Cc1ccc2c(c1)NC(=O)C(C(=O)NC1CC1)O2. The minimum absolute atomic E-state index is 0.216. The number of nitrogens with one attached hydrogen (secondary N) is 2. The third kappa shape index (κ3) is 2.03. The fraction of sp³-hybridized carbons (Fsp3) is 0.385. The lowest BCUT2D eigenvalue weighted by molar-refractivity contribution is -0.137. The zero-order valence-corrected chi connectivity index (χ0v) is 10.0. The van der Waals surface area contributed by atoms with E-state index in [1.54, 1.807) is 6.07 Å². The lowest BCUT2D eigenvalue weighted by Gasteiger charge is -2.25. The second-order valence-corrected chi connectivity index (χ2v) is 4.77. The van der Waals surface area contributed by atoms with Crippen LogP contribution in [0.15, 0.2) is 18.2 Å². The van der Waals surface area contributed by atoms with Crippen molar-refractivity contribution in [3.05, 3.63) is 23.8 Å². The number of benzene rings is 1. The lowest BCUT2D eigenvalue weighted by Crippen LogP contribution is -2.49. The number of hydrogen-bond acceptors (Lipinski definition) is 3. The minimum Gasteiger partial charge on any atom is -0.468 e. The Morgan fingerprint density at radius 3 is 2.94 bits per heavy atom. The van der Waals surface area contributed by atoms with Crippen LogP contribution in [0.3, 0.4) is 0 Å². The van der Waals surface area contributed by atoms with Gasteiger partial charge in [0.15, 0.2) is 0 Å². The summed E-state index contributed by atoms with van der Waals surface area (Å²) in [6.07, 6.45) is 0.881. The number of carbonyl (C=O) groups excluding carboxylic acids is 2. The molecule has 0 bridgehead atoms. The zero-order chi connectivity index (χ0) is 12.7. The van der Waals surface area contributed by atoms with E-state index >= 15 is 0 Å². The first-order valence-electron chi connectivity index (χ1n) is 6.02. The molecule has 1 unspecified atom stereocenters. The number of fused-ring (bicyclic) bond motifs is 1. The van der Waals surface area contributed by atoms with Crippen molar-refractivity contribution in [1.29, 1.82) is 0 Å². The van der Waals surface area contributed by atoms with Crippen molar-refractivity contribution in [3.63, 3.8) is 0 Å². The Kier molecular flexibility index (Phi) is 2.47. The third-order valence-corrected chi connectivity index (χ3v) is 3.04. The van der Waals surface area contributed by atoms with Gasteiger partial charge in [0.1, 0.15) is 5.75 Å². The Morgan fingerprint density at radius 2 is 2.22 bits per heavy atom. The largest absolute Gasteiger partial charge is 0.468 e. The zero-order valence-electron chi connectivity index (χ0n) is 10.0. The van der Waals surface area contributed by atoms with E-state index in [0.29, 0.717) is 11.4 Å². The molecule has 1 aliphatic carbocycles. The van der Waals surface area contributed by atoms with Gasteiger partial charge in [-0.2, -0.15) is 0 Å². The molecule has 1 atom stereocenters. The first-order valence-corrected chi connectivity index (χ1v) is 6.02. The predicted molar refractivity (Wildman–Crippen MR) is 65.4 cm³/mol. The lowest BCUT2D eigenvalue weighted by atomic mass is 10.1. The average molecular weight is 246 g/mol. The van der Waals surface area contributed by atoms with Crippen molar-refractivity contribution >= 4 is 17.5 Å². The van der Waals surface area contributed by atoms with Crippen LogP contribution >= 0.6 is 0 Å². The van der Waals surface area contributed by atoms with Gasteiger partial charge in [0.25, 0.3) is 17.9 Å². The van der Waals surface area contributed by atoms with Crippen molar-refractivity contribution in [3.8, 4) is 5.75 Å². The fourth-order valence-electron chi connectivity index (χ4n) is 1.90. The number of amides is 2. The predicted octanol–water partition coefficient (Wildman–Crippen LogP) is 0.973. The van der Waals surface area contributed by atoms with E-state index < -0.39 is 12.0 Å². The van der Waals surface area contributed by atoms with E-state index in [0.717, 1.165) is 18.4 Å². The molecule has 0 spiro atoms. The third-order valence-electron chi connectivity index (χ3n) is 3.04. The molecule has 1 aromatic rings. The van der Waals surface area contributed by atoms with Gasteiger partial charge in [-0.05, 0) is 37.5 Å². The van der Waals surface area contributed by atoms with Crippen LogP contribution in [-0.2, 0) is 9.59 Å². The molecule has 1 aromatic carbocycles. The number of anilines is 1. The van der Waals surface area contributed by atoms with Gasteiger partial charge in [0, 0.05) is 6.04 Å². The van der Waals surface area contributed by atoms with Crippen molar-refractivity contribution in [2.45, 2.75) is 31.9 Å². The summed E-state index contributed by atoms with van der Waals surface area (Å²) in [5, 5.41) is 5.47. The molecule has 5 heteroatoms. The molecule has 1 heterocycles. The molecule has 0 radical (unpaired) electrons. The molecule has 3 rings (SSSR count). The number of hydrogen-bond donors (Lipinski definition) is 2. The highest BCUT2D eigenvalue weighted by Gasteiger charge is 2.36. The molecule has 18 heavy (non-hydrogen) atoms. The van der Waals surface area contributed by atoms with E-state index in [9.17, 15) is 9.59 Å². The quantitative estimate of drug-likeness (QED) is 0.764. The van der Waals surface area contributed by atoms with Crippen LogP contribution in [0.25, 0.3) is 0 Å². The fourth-order valence-corrected chi connectivity index (χ4v) is 1.90. The number of ether oxygens (including phenoxy) is 1. The van der Waals surface area contributed by atoms with E-state index in [2.05, 4.69) is 10.6 Å². The van der Waals surface area contributed by atoms with Crippen molar-refractivity contribution in [2.24, 2.45) is 0 Å². The van der Waals surface area contributed by atoms with Gasteiger partial charge in [-0.15, -0.1) is 0 Å². The topological polar surface area (TPSA) is 67.4 Å². The number of rotatable bonds is 2. The standard InChI is InChI=1S/C13H14N2O3/c1-7-2-5-10-9(6-7)15-13(17)11(18-10)12(16)14-8-3-4-8/h2,5-6,8,11H,3-4H2,1H3,(H,14,16)(H,15,17). The molecule has 2 amide bonds. The Bertz CT molecular complexity index is 523. The summed E-state index contributed by atoms with van der Waals surface area (Å²) < 4.78 is 5.47. The molecule has 94 valence electrons. The number of aryl methyl sites for hydroxylation is 1. The summed E-state index contributed by atoms with van der Waals surface area (Å²) in [4.78, 5) is 23.7. The molecule has 2 aliphatic rings. The van der Waals surface area contributed by atoms with Crippen molar-refractivity contribution in [2.75, 3.05) is 5.32 Å². The second-order valence-electron chi connectivity index (χ2n) is 4.77. The Labute approximate surface area is 105 Å². The summed E-state index contributed by atoms with van der Waals surface area (Å²) in [6.45, 7) is 1.93. The summed E-state index contributed by atoms with van der Waals surface area (Å²) in [6, 6.07) is 5.68. The molecular formula is C13H14N2O3. The highest BCUT2D eigenvalue weighted by molar-refractivity contribution is 6.11. The average Bonchev–Trinajstić information content (AvgIpc) is 3.11. The Balaban J connectivity index is 1.80. The molecule has 1 aliphatic heterocycles. The van der Waals surface area contributed by atoms with E-state index in [1.807, 2.05) is 19.1 Å². The van der Waals surface area contributed by atoms with Gasteiger partial charge in [-0.1, -0.05) is 6.07 Å². The molecule has 5 nitrogen and oxygen atoms in total. The van der Waals surface area contributed by atoms with Crippen LogP contribution in [-0.4, -0.2) is 24.0 Å². The van der Waals surface area contributed by atoms with Gasteiger partial charge in [0.05, 0.1) is 5.69 Å². The van der Waals surface area contributed by atoms with Crippen molar-refractivity contribution in [1.82, 2.24) is 5.32 Å². The maximum atomic E-state index is 11.8. The Hall–Kier alpha value is -2.04. The number of carbonyl (C=O) groups is 2. The second kappa shape index (κ2) is 4.01. The van der Waals surface area contributed by atoms with Crippen LogP contribution in [0.5, 0.6) is 5.75 Å². The van der Waals surface area contributed by atoms with Crippen LogP contribution in [0.4, 0.5) is 5.69 Å². The Morgan fingerprint density at radius 1 is 1.44 bits per heavy atom. The molecule has 2 N–H and O–H groups in total. The van der Waals surface area contributed by atoms with Gasteiger partial charge in [-0.3, -0.25) is 9.59 Å². The summed E-state index contributed by atoms with van der Waals surface area (Å²) >= 11 is 0. The molecule has 1 saturated carbocycles. The molecule has 0 saturated heterocycles. The van der Waals surface area contributed by atoms with Crippen molar-refractivity contribution < 1.29 is 14.3 Å². The summed E-state index contributed by atoms with van der Waals surface area (Å²) in [7, 11) is 0. The molecule has 0 aromatic heterocycles. The molecular weight excluding hydrogens is 232 g/mol. The highest BCUT2D eigenvalue weighted by atomic mass is 16.5. The first-order chi connectivity index (χ1) is 8.63. The van der Waals surface area contributed by atoms with E-state index in [4.69, 9.17) is 4.74 Å². The normalized spacial score (nSPS) is 21.6. The van der Waals surface area contributed by atoms with E-state index in [1.165, 1.54) is 0 Å². The monoisotopic (exact) mass is 246 g/mol. The van der Waals surface area contributed by atoms with Crippen LogP contribution in [0, 0.1) is 6.92 Å². The van der Waals surface area contributed by atoms with Gasteiger partial charge >= 0.3 is 0 Å². The van der Waals surface area contributed by atoms with Crippen LogP contribution in [0.2, 0.25) is 0 Å². The maximum absolute atomic E-state index is 11.8. The van der Waals surface area contributed by atoms with Crippen LogP contribution < -0.4 is 15.4 Å². The van der Waals surface area contributed by atoms with Crippen LogP contribution in [0.1, 0.15) is 18.4 Å².